The minimum absolute atomic E-state index is 0.0526. The Morgan fingerprint density at radius 1 is 1.04 bits per heavy atom. The molecule has 4 nitrogen and oxygen atoms in total. The Morgan fingerprint density at radius 2 is 1.64 bits per heavy atom. The average molecular weight is 346 g/mol. The quantitative estimate of drug-likeness (QED) is 0.756. The van der Waals surface area contributed by atoms with Crippen LogP contribution in [0.4, 0.5) is 13.2 Å². The molecule has 3 aromatic rings. The van der Waals surface area contributed by atoms with E-state index in [2.05, 4.69) is 4.98 Å². The maximum Gasteiger partial charge on any atom is 0.434 e. The fourth-order valence-electron chi connectivity index (χ4n) is 2.38. The molecule has 7 heteroatoms. The number of imidazole rings is 1. The van der Waals surface area contributed by atoms with Crippen molar-refractivity contribution in [3.63, 3.8) is 0 Å². The van der Waals surface area contributed by atoms with Crippen LogP contribution in [0.2, 0.25) is 0 Å². The molecule has 1 heterocycles. The Hall–Kier alpha value is -3.09. The first-order valence-electron chi connectivity index (χ1n) is 7.33. The Bertz CT molecular complexity index is 911. The SMILES string of the molecule is Cc1ccc(-c2nc(C(F)(F)F)cn2-c2ccc(C(=O)O)cc2)cc1. The predicted octanol–water partition coefficient (Wildman–Crippen LogP) is 4.56. The summed E-state index contributed by atoms with van der Waals surface area (Å²) in [7, 11) is 0. The molecule has 0 amide bonds. The summed E-state index contributed by atoms with van der Waals surface area (Å²) in [5, 5.41) is 8.95. The molecule has 1 aromatic heterocycles. The molecular weight excluding hydrogens is 333 g/mol. The van der Waals surface area contributed by atoms with Gasteiger partial charge in [-0.25, -0.2) is 9.78 Å². The molecule has 25 heavy (non-hydrogen) atoms. The molecule has 3 rings (SSSR count). The lowest BCUT2D eigenvalue weighted by Crippen LogP contribution is -2.05. The van der Waals surface area contributed by atoms with E-state index in [1.807, 2.05) is 6.92 Å². The van der Waals surface area contributed by atoms with Crippen LogP contribution in [-0.2, 0) is 6.18 Å². The monoisotopic (exact) mass is 346 g/mol. The van der Waals surface area contributed by atoms with Crippen LogP contribution in [0.25, 0.3) is 17.1 Å². The van der Waals surface area contributed by atoms with E-state index in [0.717, 1.165) is 11.8 Å². The number of alkyl halides is 3. The number of carbonyl (C=O) groups is 1. The fourth-order valence-corrected chi connectivity index (χ4v) is 2.38. The van der Waals surface area contributed by atoms with Crippen LogP contribution in [-0.4, -0.2) is 20.6 Å². The third-order valence-electron chi connectivity index (χ3n) is 3.70. The Morgan fingerprint density at radius 3 is 2.16 bits per heavy atom. The van der Waals surface area contributed by atoms with Gasteiger partial charge in [-0.1, -0.05) is 29.8 Å². The number of hydrogen-bond donors (Lipinski definition) is 1. The van der Waals surface area contributed by atoms with E-state index >= 15 is 0 Å². The van der Waals surface area contributed by atoms with Crippen molar-refractivity contribution in [3.8, 4) is 17.1 Å². The van der Waals surface area contributed by atoms with E-state index in [0.29, 0.717) is 11.3 Å². The second-order valence-corrected chi connectivity index (χ2v) is 5.54. The maximum absolute atomic E-state index is 13.1. The van der Waals surface area contributed by atoms with Crippen LogP contribution in [0.1, 0.15) is 21.6 Å². The van der Waals surface area contributed by atoms with E-state index in [9.17, 15) is 18.0 Å². The molecule has 0 saturated heterocycles. The molecule has 0 spiro atoms. The van der Waals surface area contributed by atoms with E-state index in [-0.39, 0.29) is 11.4 Å². The van der Waals surface area contributed by atoms with Crippen molar-refractivity contribution in [3.05, 3.63) is 71.5 Å². The first kappa shape index (κ1) is 16.8. The van der Waals surface area contributed by atoms with Crippen LogP contribution in [0.3, 0.4) is 0 Å². The molecule has 0 aliphatic carbocycles. The van der Waals surface area contributed by atoms with Gasteiger partial charge in [0.15, 0.2) is 5.69 Å². The lowest BCUT2D eigenvalue weighted by molar-refractivity contribution is -0.140. The molecule has 128 valence electrons. The summed E-state index contributed by atoms with van der Waals surface area (Å²) >= 11 is 0. The normalized spacial score (nSPS) is 11.5. The zero-order chi connectivity index (χ0) is 18.2. The van der Waals surface area contributed by atoms with Crippen molar-refractivity contribution in [1.29, 1.82) is 0 Å². The summed E-state index contributed by atoms with van der Waals surface area (Å²) in [6.45, 7) is 1.88. The van der Waals surface area contributed by atoms with Crippen LogP contribution in [0.15, 0.2) is 54.7 Å². The summed E-state index contributed by atoms with van der Waals surface area (Å²) in [6.07, 6.45) is -3.67. The van der Waals surface area contributed by atoms with Crippen molar-refractivity contribution >= 4 is 5.97 Å². The zero-order valence-electron chi connectivity index (χ0n) is 13.1. The highest BCUT2D eigenvalue weighted by molar-refractivity contribution is 5.87. The summed E-state index contributed by atoms with van der Waals surface area (Å²) in [4.78, 5) is 14.7. The van der Waals surface area contributed by atoms with Crippen molar-refractivity contribution in [1.82, 2.24) is 9.55 Å². The minimum Gasteiger partial charge on any atom is -0.478 e. The largest absolute Gasteiger partial charge is 0.478 e. The zero-order valence-corrected chi connectivity index (χ0v) is 13.1. The number of hydrogen-bond acceptors (Lipinski definition) is 2. The summed E-state index contributed by atoms with van der Waals surface area (Å²) in [5.41, 5.74) is 0.942. The molecule has 0 fully saturated rings. The number of rotatable bonds is 3. The molecule has 0 unspecified atom stereocenters. The van der Waals surface area contributed by atoms with Crippen LogP contribution >= 0.6 is 0 Å². The highest BCUT2D eigenvalue weighted by Crippen LogP contribution is 2.32. The first-order valence-corrected chi connectivity index (χ1v) is 7.33. The van der Waals surface area contributed by atoms with Gasteiger partial charge in [0.1, 0.15) is 5.82 Å². The molecule has 1 N–H and O–H groups in total. The van der Waals surface area contributed by atoms with Gasteiger partial charge >= 0.3 is 12.1 Å². The standard InChI is InChI=1S/C18H13F3N2O2/c1-11-2-4-12(5-3-11)16-22-15(18(19,20)21)10-23(16)14-8-6-13(7-9-14)17(24)25/h2-10H,1H3,(H,24,25). The van der Waals surface area contributed by atoms with Gasteiger partial charge in [0, 0.05) is 17.4 Å². The number of carboxylic acid groups (broad SMARTS) is 1. The van der Waals surface area contributed by atoms with E-state index < -0.39 is 17.8 Å². The second kappa shape index (κ2) is 6.08. The highest BCUT2D eigenvalue weighted by atomic mass is 19.4. The third kappa shape index (κ3) is 3.40. The van der Waals surface area contributed by atoms with Crippen molar-refractivity contribution in [2.75, 3.05) is 0 Å². The number of halogens is 3. The van der Waals surface area contributed by atoms with Gasteiger partial charge in [-0.05, 0) is 31.2 Å². The fraction of sp³-hybridized carbons (Fsp3) is 0.111. The Balaban J connectivity index is 2.15. The van der Waals surface area contributed by atoms with E-state index in [1.54, 1.807) is 24.3 Å². The van der Waals surface area contributed by atoms with Crippen molar-refractivity contribution in [2.24, 2.45) is 0 Å². The topological polar surface area (TPSA) is 55.1 Å². The lowest BCUT2D eigenvalue weighted by atomic mass is 10.1. The predicted molar refractivity (Wildman–Crippen MR) is 85.7 cm³/mol. The summed E-state index contributed by atoms with van der Waals surface area (Å²) in [5.74, 6) is -0.970. The van der Waals surface area contributed by atoms with Crippen molar-refractivity contribution in [2.45, 2.75) is 13.1 Å². The van der Waals surface area contributed by atoms with Crippen LogP contribution < -0.4 is 0 Å². The van der Waals surface area contributed by atoms with Gasteiger partial charge in [0.25, 0.3) is 0 Å². The average Bonchev–Trinajstić information content (AvgIpc) is 3.01. The summed E-state index contributed by atoms with van der Waals surface area (Å²) < 4.78 is 40.6. The molecule has 0 radical (unpaired) electrons. The highest BCUT2D eigenvalue weighted by Gasteiger charge is 2.35. The lowest BCUT2D eigenvalue weighted by Gasteiger charge is -2.08. The molecule has 0 saturated carbocycles. The summed E-state index contributed by atoms with van der Waals surface area (Å²) in [6, 6.07) is 12.5. The van der Waals surface area contributed by atoms with Crippen LogP contribution in [0.5, 0.6) is 0 Å². The Labute approximate surface area is 141 Å². The number of carboxylic acids is 1. The van der Waals surface area contributed by atoms with Gasteiger partial charge < -0.3 is 5.11 Å². The number of benzene rings is 2. The van der Waals surface area contributed by atoms with E-state index in [4.69, 9.17) is 5.11 Å². The molecule has 2 aromatic carbocycles. The third-order valence-corrected chi connectivity index (χ3v) is 3.70. The van der Waals surface area contributed by atoms with E-state index in [1.165, 1.54) is 28.8 Å². The number of aromatic nitrogens is 2. The second-order valence-electron chi connectivity index (χ2n) is 5.54. The minimum atomic E-state index is -4.58. The maximum atomic E-state index is 13.1. The molecule has 0 bridgehead atoms. The van der Waals surface area contributed by atoms with Gasteiger partial charge in [-0.2, -0.15) is 13.2 Å². The molecule has 0 aliphatic heterocycles. The van der Waals surface area contributed by atoms with Crippen LogP contribution in [0, 0.1) is 6.92 Å². The Kier molecular flexibility index (Phi) is 4.08. The number of nitrogens with zero attached hydrogens (tertiary/aromatic N) is 2. The van der Waals surface area contributed by atoms with Gasteiger partial charge in [0.2, 0.25) is 0 Å². The molecular formula is C18H13F3N2O2. The molecule has 0 atom stereocenters. The van der Waals surface area contributed by atoms with Gasteiger partial charge in [-0.3, -0.25) is 4.57 Å². The number of aromatic carboxylic acids is 1. The molecule has 0 aliphatic rings. The number of aryl methyl sites for hydroxylation is 1. The van der Waals surface area contributed by atoms with Gasteiger partial charge in [0.05, 0.1) is 5.56 Å². The smallest absolute Gasteiger partial charge is 0.434 e. The van der Waals surface area contributed by atoms with Gasteiger partial charge in [-0.15, -0.1) is 0 Å². The first-order chi connectivity index (χ1) is 11.8. The van der Waals surface area contributed by atoms with Crippen molar-refractivity contribution < 1.29 is 23.1 Å².